The SMILES string of the molecule is COc1ccccc1C1CNCCN1Cc1c(C)nc2sc(C)nn12. The maximum Gasteiger partial charge on any atom is 0.212 e. The minimum Gasteiger partial charge on any atom is -0.496 e. The van der Waals surface area contributed by atoms with Gasteiger partial charge in [0.25, 0.3) is 0 Å². The predicted molar refractivity (Wildman–Crippen MR) is 99.4 cm³/mol. The van der Waals surface area contributed by atoms with Gasteiger partial charge >= 0.3 is 0 Å². The van der Waals surface area contributed by atoms with Gasteiger partial charge in [0.1, 0.15) is 10.8 Å². The minimum atomic E-state index is 0.273. The van der Waals surface area contributed by atoms with Crippen LogP contribution in [0.15, 0.2) is 24.3 Å². The molecule has 7 heteroatoms. The lowest BCUT2D eigenvalue weighted by molar-refractivity contribution is 0.148. The molecule has 1 unspecified atom stereocenters. The number of nitrogens with zero attached hydrogens (tertiary/aromatic N) is 4. The zero-order valence-corrected chi connectivity index (χ0v) is 15.6. The molecule has 0 spiro atoms. The fourth-order valence-corrected chi connectivity index (χ4v) is 4.35. The zero-order chi connectivity index (χ0) is 17.4. The highest BCUT2D eigenvalue weighted by Gasteiger charge is 2.28. The standard InChI is InChI=1S/C18H23N5OS/c1-12-16(23-18(20-12)25-13(2)21-23)11-22-9-8-19-10-15(22)14-6-4-5-7-17(14)24-3/h4-7,15,19H,8-11H2,1-3H3. The highest BCUT2D eigenvalue weighted by molar-refractivity contribution is 7.16. The summed E-state index contributed by atoms with van der Waals surface area (Å²) < 4.78 is 7.61. The van der Waals surface area contributed by atoms with Crippen molar-refractivity contribution >= 4 is 16.3 Å². The van der Waals surface area contributed by atoms with Crippen molar-refractivity contribution in [1.29, 1.82) is 0 Å². The lowest BCUT2D eigenvalue weighted by Crippen LogP contribution is -2.45. The summed E-state index contributed by atoms with van der Waals surface area (Å²) in [5, 5.41) is 9.20. The van der Waals surface area contributed by atoms with E-state index in [0.717, 1.165) is 47.6 Å². The number of hydrogen-bond donors (Lipinski definition) is 1. The number of aryl methyl sites for hydroxylation is 2. The topological polar surface area (TPSA) is 54.7 Å². The molecule has 1 N–H and O–H groups in total. The van der Waals surface area contributed by atoms with Crippen LogP contribution in [-0.2, 0) is 6.54 Å². The smallest absolute Gasteiger partial charge is 0.212 e. The van der Waals surface area contributed by atoms with Crippen molar-refractivity contribution in [2.75, 3.05) is 26.7 Å². The summed E-state index contributed by atoms with van der Waals surface area (Å²) in [6.45, 7) is 7.83. The van der Waals surface area contributed by atoms with Crippen LogP contribution in [0.3, 0.4) is 0 Å². The fraction of sp³-hybridized carbons (Fsp3) is 0.444. The van der Waals surface area contributed by atoms with E-state index in [1.165, 1.54) is 11.3 Å². The van der Waals surface area contributed by atoms with Crippen LogP contribution in [0.1, 0.15) is 28.0 Å². The average Bonchev–Trinajstić information content (AvgIpc) is 3.12. The van der Waals surface area contributed by atoms with E-state index in [1.54, 1.807) is 18.4 Å². The Hall–Kier alpha value is -1.96. The van der Waals surface area contributed by atoms with Gasteiger partial charge in [-0.15, -0.1) is 0 Å². The third kappa shape index (κ3) is 3.03. The molecule has 1 aliphatic heterocycles. The Bertz CT molecular complexity index is 887. The minimum absolute atomic E-state index is 0.273. The van der Waals surface area contributed by atoms with Crippen LogP contribution in [0, 0.1) is 13.8 Å². The van der Waals surface area contributed by atoms with Gasteiger partial charge in [0.15, 0.2) is 0 Å². The van der Waals surface area contributed by atoms with E-state index in [9.17, 15) is 0 Å². The fourth-order valence-electron chi connectivity index (χ4n) is 3.54. The number of piperazine rings is 1. The normalized spacial score (nSPS) is 18.8. The summed E-state index contributed by atoms with van der Waals surface area (Å²) in [5.41, 5.74) is 3.47. The van der Waals surface area contributed by atoms with E-state index in [0.29, 0.717) is 0 Å². The van der Waals surface area contributed by atoms with Crippen LogP contribution >= 0.6 is 11.3 Å². The molecule has 1 aromatic carbocycles. The van der Waals surface area contributed by atoms with E-state index in [2.05, 4.69) is 39.4 Å². The highest BCUT2D eigenvalue weighted by Crippen LogP contribution is 2.31. The molecule has 25 heavy (non-hydrogen) atoms. The molecule has 1 atom stereocenters. The summed E-state index contributed by atoms with van der Waals surface area (Å²) in [5.74, 6) is 0.945. The zero-order valence-electron chi connectivity index (χ0n) is 14.8. The number of imidazole rings is 1. The first-order valence-corrected chi connectivity index (χ1v) is 9.38. The first-order valence-electron chi connectivity index (χ1n) is 8.56. The number of rotatable bonds is 4. The molecule has 0 amide bonds. The van der Waals surface area contributed by atoms with Crippen molar-refractivity contribution in [2.24, 2.45) is 0 Å². The molecule has 0 radical (unpaired) electrons. The maximum atomic E-state index is 5.60. The van der Waals surface area contributed by atoms with Crippen LogP contribution < -0.4 is 10.1 Å². The number of methoxy groups -OCH3 is 1. The molecule has 1 fully saturated rings. The largest absolute Gasteiger partial charge is 0.496 e. The molecule has 4 rings (SSSR count). The Morgan fingerprint density at radius 1 is 1.32 bits per heavy atom. The van der Waals surface area contributed by atoms with Crippen molar-refractivity contribution < 1.29 is 4.74 Å². The van der Waals surface area contributed by atoms with Gasteiger partial charge in [-0.25, -0.2) is 9.50 Å². The molecular weight excluding hydrogens is 334 g/mol. The number of nitrogens with one attached hydrogen (secondary N) is 1. The Morgan fingerprint density at radius 2 is 2.16 bits per heavy atom. The molecule has 6 nitrogen and oxygen atoms in total. The summed E-state index contributed by atoms with van der Waals surface area (Å²) in [7, 11) is 1.74. The van der Waals surface area contributed by atoms with Crippen molar-refractivity contribution in [3.8, 4) is 5.75 Å². The number of ether oxygens (including phenoxy) is 1. The van der Waals surface area contributed by atoms with Crippen LogP contribution in [0.25, 0.3) is 4.96 Å². The summed E-state index contributed by atoms with van der Waals surface area (Å²) >= 11 is 1.64. The predicted octanol–water partition coefficient (Wildman–Crippen LogP) is 2.56. The van der Waals surface area contributed by atoms with Crippen LogP contribution in [-0.4, -0.2) is 46.2 Å². The number of hydrogen-bond acceptors (Lipinski definition) is 6. The quantitative estimate of drug-likeness (QED) is 0.778. The molecule has 3 aromatic rings. The Morgan fingerprint density at radius 3 is 3.00 bits per heavy atom. The Labute approximate surface area is 151 Å². The van der Waals surface area contributed by atoms with Gasteiger partial charge in [0.05, 0.1) is 24.5 Å². The van der Waals surface area contributed by atoms with E-state index >= 15 is 0 Å². The van der Waals surface area contributed by atoms with Crippen molar-refractivity contribution in [3.63, 3.8) is 0 Å². The van der Waals surface area contributed by atoms with Gasteiger partial charge < -0.3 is 10.1 Å². The molecule has 3 heterocycles. The molecular formula is C18H23N5OS. The third-order valence-corrected chi connectivity index (χ3v) is 5.63. The molecule has 1 saturated heterocycles. The van der Waals surface area contributed by atoms with Gasteiger partial charge in [0, 0.05) is 31.7 Å². The number of benzene rings is 1. The highest BCUT2D eigenvalue weighted by atomic mass is 32.1. The molecule has 0 saturated carbocycles. The van der Waals surface area contributed by atoms with E-state index in [4.69, 9.17) is 4.74 Å². The van der Waals surface area contributed by atoms with E-state index in [-0.39, 0.29) is 6.04 Å². The second-order valence-electron chi connectivity index (χ2n) is 6.39. The second kappa shape index (κ2) is 6.74. The molecule has 0 bridgehead atoms. The first-order chi connectivity index (χ1) is 12.2. The first kappa shape index (κ1) is 16.5. The van der Waals surface area contributed by atoms with Gasteiger partial charge in [0.2, 0.25) is 4.96 Å². The number of aromatic nitrogens is 3. The lowest BCUT2D eigenvalue weighted by Gasteiger charge is -2.36. The van der Waals surface area contributed by atoms with E-state index in [1.807, 2.05) is 23.6 Å². The van der Waals surface area contributed by atoms with Crippen LogP contribution in [0.2, 0.25) is 0 Å². The summed E-state index contributed by atoms with van der Waals surface area (Å²) in [6, 6.07) is 8.57. The van der Waals surface area contributed by atoms with Gasteiger partial charge in [-0.05, 0) is 19.9 Å². The van der Waals surface area contributed by atoms with Crippen LogP contribution in [0.5, 0.6) is 5.75 Å². The molecule has 1 aliphatic rings. The maximum absolute atomic E-state index is 5.60. The third-order valence-electron chi connectivity index (χ3n) is 4.80. The van der Waals surface area contributed by atoms with Crippen molar-refractivity contribution in [3.05, 3.63) is 46.2 Å². The number of para-hydroxylation sites is 1. The summed E-state index contributed by atoms with van der Waals surface area (Å²) in [6.07, 6.45) is 0. The summed E-state index contributed by atoms with van der Waals surface area (Å²) in [4.78, 5) is 8.16. The average molecular weight is 357 g/mol. The molecule has 0 aliphatic carbocycles. The van der Waals surface area contributed by atoms with Gasteiger partial charge in [-0.2, -0.15) is 5.10 Å². The molecule has 2 aromatic heterocycles. The van der Waals surface area contributed by atoms with E-state index < -0.39 is 0 Å². The molecule has 132 valence electrons. The Balaban J connectivity index is 1.68. The lowest BCUT2D eigenvalue weighted by atomic mass is 10.0. The number of fused-ring (bicyclic) bond motifs is 1. The van der Waals surface area contributed by atoms with Crippen molar-refractivity contribution in [2.45, 2.75) is 26.4 Å². The Kier molecular flexibility index (Phi) is 4.45. The van der Waals surface area contributed by atoms with Crippen molar-refractivity contribution in [1.82, 2.24) is 24.8 Å². The van der Waals surface area contributed by atoms with Crippen LogP contribution in [0.4, 0.5) is 0 Å². The second-order valence-corrected chi connectivity index (χ2v) is 7.55. The monoisotopic (exact) mass is 357 g/mol. The van der Waals surface area contributed by atoms with Gasteiger partial charge in [-0.1, -0.05) is 29.5 Å². The van der Waals surface area contributed by atoms with Gasteiger partial charge in [-0.3, -0.25) is 4.90 Å².